The highest BCUT2D eigenvalue weighted by Gasteiger charge is 2.31. The molecular formula is C11H11ClF4N2O. The Kier molecular flexibility index (Phi) is 4.75. The molecule has 3 nitrogen and oxygen atoms in total. The number of carbonyl (C=O) groups excluding carboxylic acids is 1. The predicted molar refractivity (Wildman–Crippen MR) is 62.0 cm³/mol. The van der Waals surface area contributed by atoms with Gasteiger partial charge in [0.1, 0.15) is 5.56 Å². The van der Waals surface area contributed by atoms with E-state index in [1.165, 1.54) is 0 Å². The second kappa shape index (κ2) is 5.75. The zero-order chi connectivity index (χ0) is 13.4. The first-order valence-electron chi connectivity index (χ1n) is 5.29. The Hall–Kier alpha value is -1.34. The minimum atomic E-state index is -1.68. The van der Waals surface area contributed by atoms with Crippen LogP contribution in [0.5, 0.6) is 0 Å². The number of hydrogen-bond donors (Lipinski definition) is 1. The van der Waals surface area contributed by atoms with Gasteiger partial charge in [0.25, 0.3) is 5.91 Å². The standard InChI is InChI=1S/C11H10F4N2O.ClH/c12-6-3-7(13)10(15)8(9(6)14)11(18)17-2-1-5(16)4-17;/h3,5H,1-2,4,16H2;1H/t5-;/m1./s1. The molecule has 1 aliphatic heterocycles. The third-order valence-corrected chi connectivity index (χ3v) is 2.84. The number of likely N-dealkylation sites (tertiary alicyclic amines) is 1. The van der Waals surface area contributed by atoms with E-state index in [1.54, 1.807) is 0 Å². The molecule has 0 spiro atoms. The zero-order valence-corrected chi connectivity index (χ0v) is 10.4. The molecule has 19 heavy (non-hydrogen) atoms. The van der Waals surface area contributed by atoms with Gasteiger partial charge in [0.15, 0.2) is 23.3 Å². The van der Waals surface area contributed by atoms with Crippen molar-refractivity contribution in [3.05, 3.63) is 34.9 Å². The molecule has 0 unspecified atom stereocenters. The third kappa shape index (κ3) is 2.82. The Labute approximate surface area is 112 Å². The largest absolute Gasteiger partial charge is 0.337 e. The van der Waals surface area contributed by atoms with Gasteiger partial charge in [-0.15, -0.1) is 12.4 Å². The highest BCUT2D eigenvalue weighted by Crippen LogP contribution is 2.22. The number of halogens is 5. The summed E-state index contributed by atoms with van der Waals surface area (Å²) in [6.07, 6.45) is 0.479. The summed E-state index contributed by atoms with van der Waals surface area (Å²) < 4.78 is 52.7. The third-order valence-electron chi connectivity index (χ3n) is 2.84. The van der Waals surface area contributed by atoms with E-state index in [1.807, 2.05) is 0 Å². The average Bonchev–Trinajstić information content (AvgIpc) is 2.73. The molecule has 2 rings (SSSR count). The first-order valence-corrected chi connectivity index (χ1v) is 5.29. The lowest BCUT2D eigenvalue weighted by Gasteiger charge is -2.16. The molecule has 0 aliphatic carbocycles. The Morgan fingerprint density at radius 2 is 1.74 bits per heavy atom. The molecule has 1 fully saturated rings. The zero-order valence-electron chi connectivity index (χ0n) is 9.63. The van der Waals surface area contributed by atoms with Gasteiger partial charge in [-0.05, 0) is 6.42 Å². The number of nitrogens with two attached hydrogens (primary N) is 1. The summed E-state index contributed by atoms with van der Waals surface area (Å²) in [4.78, 5) is 12.9. The van der Waals surface area contributed by atoms with Crippen LogP contribution in [0.25, 0.3) is 0 Å². The van der Waals surface area contributed by atoms with Crippen LogP contribution < -0.4 is 5.73 Å². The summed E-state index contributed by atoms with van der Waals surface area (Å²) >= 11 is 0. The van der Waals surface area contributed by atoms with Crippen LogP contribution in [-0.2, 0) is 0 Å². The van der Waals surface area contributed by atoms with Crippen LogP contribution in [0.15, 0.2) is 6.07 Å². The molecular weight excluding hydrogens is 288 g/mol. The van der Waals surface area contributed by atoms with E-state index >= 15 is 0 Å². The molecule has 1 heterocycles. The fraction of sp³-hybridized carbons (Fsp3) is 0.364. The molecule has 0 bridgehead atoms. The van der Waals surface area contributed by atoms with Crippen molar-refractivity contribution in [3.8, 4) is 0 Å². The Morgan fingerprint density at radius 1 is 1.21 bits per heavy atom. The maximum absolute atomic E-state index is 13.4. The molecule has 1 aromatic rings. The summed E-state index contributed by atoms with van der Waals surface area (Å²) in [6.45, 7) is 0.312. The number of rotatable bonds is 1. The van der Waals surface area contributed by atoms with Crippen LogP contribution in [0.2, 0.25) is 0 Å². The lowest BCUT2D eigenvalue weighted by molar-refractivity contribution is 0.0778. The van der Waals surface area contributed by atoms with E-state index in [0.29, 0.717) is 6.42 Å². The van der Waals surface area contributed by atoms with Crippen LogP contribution in [-0.4, -0.2) is 29.9 Å². The summed E-state index contributed by atoms with van der Waals surface area (Å²) in [5, 5.41) is 0. The number of amides is 1. The number of benzene rings is 1. The van der Waals surface area contributed by atoms with Crippen molar-refractivity contribution < 1.29 is 22.4 Å². The van der Waals surface area contributed by atoms with Gasteiger partial charge >= 0.3 is 0 Å². The van der Waals surface area contributed by atoms with Gasteiger partial charge in [0, 0.05) is 25.2 Å². The van der Waals surface area contributed by atoms with E-state index < -0.39 is 34.7 Å². The maximum Gasteiger partial charge on any atom is 0.260 e. The normalized spacial score (nSPS) is 18.4. The summed E-state index contributed by atoms with van der Waals surface area (Å²) in [7, 11) is 0. The van der Waals surface area contributed by atoms with Gasteiger partial charge in [-0.3, -0.25) is 4.79 Å². The van der Waals surface area contributed by atoms with E-state index in [4.69, 9.17) is 5.73 Å². The quantitative estimate of drug-likeness (QED) is 0.635. The van der Waals surface area contributed by atoms with E-state index in [0.717, 1.165) is 4.90 Å². The first kappa shape index (κ1) is 15.7. The van der Waals surface area contributed by atoms with Gasteiger partial charge < -0.3 is 10.6 Å². The number of hydrogen-bond acceptors (Lipinski definition) is 2. The molecule has 0 radical (unpaired) electrons. The second-order valence-corrected chi connectivity index (χ2v) is 4.14. The van der Waals surface area contributed by atoms with Crippen molar-refractivity contribution in [1.29, 1.82) is 0 Å². The predicted octanol–water partition coefficient (Wildman–Crippen LogP) is 1.84. The fourth-order valence-electron chi connectivity index (χ4n) is 1.89. The number of carbonyl (C=O) groups is 1. The van der Waals surface area contributed by atoms with Crippen LogP contribution >= 0.6 is 12.4 Å². The van der Waals surface area contributed by atoms with Gasteiger partial charge in [0.2, 0.25) is 0 Å². The first-order chi connectivity index (χ1) is 8.41. The monoisotopic (exact) mass is 298 g/mol. The van der Waals surface area contributed by atoms with Crippen molar-refractivity contribution >= 4 is 18.3 Å². The maximum atomic E-state index is 13.4. The Balaban J connectivity index is 0.00000180. The number of nitrogens with zero attached hydrogens (tertiary/aromatic N) is 1. The van der Waals surface area contributed by atoms with Crippen molar-refractivity contribution in [2.24, 2.45) is 5.73 Å². The van der Waals surface area contributed by atoms with Crippen LogP contribution in [0.3, 0.4) is 0 Å². The molecule has 0 aromatic heterocycles. The Bertz CT molecular complexity index is 486. The second-order valence-electron chi connectivity index (χ2n) is 4.14. The molecule has 1 atom stereocenters. The lowest BCUT2D eigenvalue weighted by atomic mass is 10.1. The summed E-state index contributed by atoms with van der Waals surface area (Å²) in [5.74, 6) is -7.64. The van der Waals surface area contributed by atoms with Crippen molar-refractivity contribution in [2.75, 3.05) is 13.1 Å². The van der Waals surface area contributed by atoms with Crippen molar-refractivity contribution in [1.82, 2.24) is 4.90 Å². The molecule has 1 aromatic carbocycles. The van der Waals surface area contributed by atoms with Crippen molar-refractivity contribution in [3.63, 3.8) is 0 Å². The molecule has 1 saturated heterocycles. The van der Waals surface area contributed by atoms with Crippen LogP contribution in [0, 0.1) is 23.3 Å². The van der Waals surface area contributed by atoms with Gasteiger partial charge in [0.05, 0.1) is 0 Å². The van der Waals surface area contributed by atoms with E-state index in [9.17, 15) is 22.4 Å². The summed E-state index contributed by atoms with van der Waals surface area (Å²) in [5.41, 5.74) is 4.34. The fourth-order valence-corrected chi connectivity index (χ4v) is 1.89. The van der Waals surface area contributed by atoms with Crippen molar-refractivity contribution in [2.45, 2.75) is 12.5 Å². The molecule has 1 amide bonds. The summed E-state index contributed by atoms with van der Waals surface area (Å²) in [6, 6.07) is -0.226. The molecule has 2 N–H and O–H groups in total. The van der Waals surface area contributed by atoms with E-state index in [-0.39, 0.29) is 37.6 Å². The van der Waals surface area contributed by atoms with Crippen LogP contribution in [0.1, 0.15) is 16.8 Å². The minimum absolute atomic E-state index is 0. The molecule has 0 saturated carbocycles. The molecule has 8 heteroatoms. The smallest absolute Gasteiger partial charge is 0.260 e. The lowest BCUT2D eigenvalue weighted by Crippen LogP contribution is -2.33. The Morgan fingerprint density at radius 3 is 2.16 bits per heavy atom. The van der Waals surface area contributed by atoms with E-state index in [2.05, 4.69) is 0 Å². The highest BCUT2D eigenvalue weighted by molar-refractivity contribution is 5.95. The van der Waals surface area contributed by atoms with Gasteiger partial charge in [-0.1, -0.05) is 0 Å². The minimum Gasteiger partial charge on any atom is -0.337 e. The van der Waals surface area contributed by atoms with Gasteiger partial charge in [-0.25, -0.2) is 17.6 Å². The average molecular weight is 299 g/mol. The SMILES string of the molecule is Cl.N[C@@H]1CCN(C(=O)c2c(F)c(F)cc(F)c2F)C1. The topological polar surface area (TPSA) is 46.3 Å². The van der Waals surface area contributed by atoms with Crippen LogP contribution in [0.4, 0.5) is 17.6 Å². The molecule has 1 aliphatic rings. The van der Waals surface area contributed by atoms with Gasteiger partial charge in [-0.2, -0.15) is 0 Å². The molecule has 106 valence electrons. The highest BCUT2D eigenvalue weighted by atomic mass is 35.5.